The molecule has 0 spiro atoms. The first-order valence-corrected chi connectivity index (χ1v) is 8.27. The fourth-order valence-corrected chi connectivity index (χ4v) is 2.78. The van der Waals surface area contributed by atoms with Gasteiger partial charge in [0.05, 0.1) is 22.5 Å². The predicted molar refractivity (Wildman–Crippen MR) is 98.8 cm³/mol. The molecular weight excluding hydrogens is 371 g/mol. The van der Waals surface area contributed by atoms with Crippen LogP contribution < -0.4 is 5.32 Å². The van der Waals surface area contributed by atoms with E-state index in [0.717, 1.165) is 0 Å². The Hall–Kier alpha value is -3.52. The summed E-state index contributed by atoms with van der Waals surface area (Å²) in [5.74, 6) is -0.284. The largest absolute Gasteiger partial charge is 0.289 e. The number of carbonyl (C=O) groups is 1. The molecule has 134 valence electrons. The van der Waals surface area contributed by atoms with E-state index in [9.17, 15) is 9.18 Å². The minimum Gasteiger partial charge on any atom is -0.289 e. The van der Waals surface area contributed by atoms with E-state index in [1.54, 1.807) is 30.3 Å². The van der Waals surface area contributed by atoms with Crippen LogP contribution >= 0.6 is 11.6 Å². The third-order valence-corrected chi connectivity index (χ3v) is 4.19. The first kappa shape index (κ1) is 16.9. The van der Waals surface area contributed by atoms with Gasteiger partial charge in [-0.1, -0.05) is 23.7 Å². The number of halogens is 2. The molecule has 0 saturated carbocycles. The smallest absolute Gasteiger partial charge is 0.261 e. The van der Waals surface area contributed by atoms with E-state index in [0.29, 0.717) is 27.7 Å². The number of anilines is 1. The summed E-state index contributed by atoms with van der Waals surface area (Å²) >= 11 is 6.14. The van der Waals surface area contributed by atoms with E-state index in [1.165, 1.54) is 18.3 Å². The average Bonchev–Trinajstić information content (AvgIpc) is 3.32. The molecule has 4 aromatic rings. The van der Waals surface area contributed by atoms with Gasteiger partial charge in [0, 0.05) is 11.1 Å². The molecule has 27 heavy (non-hydrogen) atoms. The topological polar surface area (TPSA) is 99.3 Å². The standard InChI is InChI=1S/C18H12ClFN6O/c19-14-4-2-1-3-12(14)16-22-18(26-25-16)23-17(27)13-9-21-24-15(13)10-5-7-11(20)8-6-10/h1-9H,(H,21,24)(H2,22,23,25,26,27). The summed E-state index contributed by atoms with van der Waals surface area (Å²) in [6.07, 6.45) is 1.38. The number of aromatic amines is 2. The van der Waals surface area contributed by atoms with Crippen molar-refractivity contribution in [1.29, 1.82) is 0 Å². The molecular formula is C18H12ClFN6O. The first-order valence-electron chi connectivity index (χ1n) is 7.90. The second-order valence-corrected chi connectivity index (χ2v) is 6.01. The Balaban J connectivity index is 1.57. The summed E-state index contributed by atoms with van der Waals surface area (Å²) in [6.45, 7) is 0. The van der Waals surface area contributed by atoms with Crippen LogP contribution in [0.1, 0.15) is 10.4 Å². The van der Waals surface area contributed by atoms with Gasteiger partial charge >= 0.3 is 0 Å². The normalized spacial score (nSPS) is 10.7. The molecule has 3 N–H and O–H groups in total. The molecule has 1 amide bonds. The van der Waals surface area contributed by atoms with Crippen molar-refractivity contribution in [1.82, 2.24) is 25.4 Å². The van der Waals surface area contributed by atoms with Crippen molar-refractivity contribution in [2.75, 3.05) is 5.32 Å². The van der Waals surface area contributed by atoms with Crippen molar-refractivity contribution < 1.29 is 9.18 Å². The van der Waals surface area contributed by atoms with Crippen LogP contribution in [0.5, 0.6) is 0 Å². The highest BCUT2D eigenvalue weighted by molar-refractivity contribution is 6.33. The van der Waals surface area contributed by atoms with Gasteiger partial charge in [-0.2, -0.15) is 10.1 Å². The second-order valence-electron chi connectivity index (χ2n) is 5.61. The molecule has 7 nitrogen and oxygen atoms in total. The number of amides is 1. The van der Waals surface area contributed by atoms with Gasteiger partial charge in [0.25, 0.3) is 5.91 Å². The molecule has 0 atom stereocenters. The van der Waals surface area contributed by atoms with Gasteiger partial charge in [0.2, 0.25) is 5.95 Å². The van der Waals surface area contributed by atoms with Crippen molar-refractivity contribution in [2.45, 2.75) is 0 Å². The highest BCUT2D eigenvalue weighted by Gasteiger charge is 2.18. The van der Waals surface area contributed by atoms with Crippen LogP contribution in [0.2, 0.25) is 5.02 Å². The van der Waals surface area contributed by atoms with Crippen LogP contribution in [0.15, 0.2) is 54.7 Å². The lowest BCUT2D eigenvalue weighted by molar-refractivity contribution is 0.102. The van der Waals surface area contributed by atoms with E-state index in [-0.39, 0.29) is 17.3 Å². The highest BCUT2D eigenvalue weighted by Crippen LogP contribution is 2.25. The van der Waals surface area contributed by atoms with Crippen LogP contribution in [0, 0.1) is 5.82 Å². The molecule has 0 aliphatic carbocycles. The monoisotopic (exact) mass is 382 g/mol. The maximum atomic E-state index is 13.1. The van der Waals surface area contributed by atoms with E-state index in [4.69, 9.17) is 11.6 Å². The summed E-state index contributed by atoms with van der Waals surface area (Å²) in [4.78, 5) is 16.8. The van der Waals surface area contributed by atoms with Crippen LogP contribution in [-0.4, -0.2) is 31.3 Å². The summed E-state index contributed by atoms with van der Waals surface area (Å²) in [5.41, 5.74) is 2.05. The van der Waals surface area contributed by atoms with E-state index >= 15 is 0 Å². The number of nitrogens with zero attached hydrogens (tertiary/aromatic N) is 3. The number of carbonyl (C=O) groups excluding carboxylic acids is 1. The van der Waals surface area contributed by atoms with Gasteiger partial charge in [0.1, 0.15) is 5.82 Å². The number of hydrogen-bond donors (Lipinski definition) is 3. The molecule has 9 heteroatoms. The van der Waals surface area contributed by atoms with E-state index in [2.05, 4.69) is 30.7 Å². The zero-order valence-electron chi connectivity index (χ0n) is 13.7. The van der Waals surface area contributed by atoms with E-state index < -0.39 is 5.91 Å². The predicted octanol–water partition coefficient (Wildman–Crippen LogP) is 3.91. The van der Waals surface area contributed by atoms with Crippen LogP contribution in [0.4, 0.5) is 10.3 Å². The zero-order chi connectivity index (χ0) is 18.8. The molecule has 0 saturated heterocycles. The maximum Gasteiger partial charge on any atom is 0.261 e. The molecule has 0 bridgehead atoms. The van der Waals surface area contributed by atoms with Crippen LogP contribution in [-0.2, 0) is 0 Å². The van der Waals surface area contributed by atoms with Gasteiger partial charge in [-0.05, 0) is 36.4 Å². The van der Waals surface area contributed by atoms with Crippen molar-refractivity contribution >= 4 is 23.5 Å². The summed E-state index contributed by atoms with van der Waals surface area (Å²) < 4.78 is 13.1. The van der Waals surface area contributed by atoms with Crippen molar-refractivity contribution in [3.63, 3.8) is 0 Å². The molecule has 4 rings (SSSR count). The lowest BCUT2D eigenvalue weighted by Crippen LogP contribution is -2.13. The Bertz CT molecular complexity index is 1110. The first-order chi connectivity index (χ1) is 13.1. The van der Waals surface area contributed by atoms with Crippen molar-refractivity contribution in [3.8, 4) is 22.6 Å². The lowest BCUT2D eigenvalue weighted by atomic mass is 10.1. The minimum absolute atomic E-state index is 0.0983. The van der Waals surface area contributed by atoms with Gasteiger partial charge < -0.3 is 0 Å². The van der Waals surface area contributed by atoms with Gasteiger partial charge in [-0.3, -0.25) is 20.3 Å². The quantitative estimate of drug-likeness (QED) is 0.498. The number of nitrogens with one attached hydrogen (secondary N) is 3. The molecule has 2 aromatic carbocycles. The Morgan fingerprint density at radius 1 is 1.07 bits per heavy atom. The van der Waals surface area contributed by atoms with Crippen LogP contribution in [0.3, 0.4) is 0 Å². The molecule has 0 radical (unpaired) electrons. The SMILES string of the molecule is O=C(Nc1n[nH]c(-c2ccccc2Cl)n1)c1cn[nH]c1-c1ccc(F)cc1. The number of H-pyrrole nitrogens is 2. The molecule has 2 heterocycles. The Labute approximate surface area is 157 Å². The molecule has 2 aromatic heterocycles. The number of rotatable bonds is 4. The zero-order valence-corrected chi connectivity index (χ0v) is 14.5. The van der Waals surface area contributed by atoms with Crippen molar-refractivity contribution in [3.05, 3.63) is 71.1 Å². The Morgan fingerprint density at radius 2 is 1.85 bits per heavy atom. The third-order valence-electron chi connectivity index (χ3n) is 3.86. The Kier molecular flexibility index (Phi) is 4.39. The summed E-state index contributed by atoms with van der Waals surface area (Å²) in [6, 6.07) is 12.9. The third kappa shape index (κ3) is 3.42. The Morgan fingerprint density at radius 3 is 2.63 bits per heavy atom. The highest BCUT2D eigenvalue weighted by atomic mass is 35.5. The summed E-state index contributed by atoms with van der Waals surface area (Å²) in [5, 5.41) is 16.5. The molecule has 0 fully saturated rings. The van der Waals surface area contributed by atoms with E-state index in [1.807, 2.05) is 6.07 Å². The van der Waals surface area contributed by atoms with Gasteiger partial charge in [0.15, 0.2) is 5.82 Å². The lowest BCUT2D eigenvalue weighted by Gasteiger charge is -2.03. The number of benzene rings is 2. The van der Waals surface area contributed by atoms with Gasteiger partial charge in [-0.25, -0.2) is 4.39 Å². The molecule has 0 aliphatic rings. The fraction of sp³-hybridized carbons (Fsp3) is 0. The number of hydrogen-bond acceptors (Lipinski definition) is 4. The van der Waals surface area contributed by atoms with Crippen molar-refractivity contribution in [2.24, 2.45) is 0 Å². The minimum atomic E-state index is -0.451. The fourth-order valence-electron chi connectivity index (χ4n) is 2.56. The average molecular weight is 383 g/mol. The number of aromatic nitrogens is 5. The maximum absolute atomic E-state index is 13.1. The second kappa shape index (κ2) is 7.00. The van der Waals surface area contributed by atoms with Gasteiger partial charge in [-0.15, -0.1) is 5.10 Å². The van der Waals surface area contributed by atoms with Crippen LogP contribution in [0.25, 0.3) is 22.6 Å². The molecule has 0 aliphatic heterocycles. The molecule has 0 unspecified atom stereocenters. The summed E-state index contributed by atoms with van der Waals surface area (Å²) in [7, 11) is 0.